The minimum atomic E-state index is -4.25. The van der Waals surface area contributed by atoms with Crippen LogP contribution in [-0.4, -0.2) is 64.2 Å². The summed E-state index contributed by atoms with van der Waals surface area (Å²) in [5.74, 6) is -0.289. The lowest BCUT2D eigenvalue weighted by Gasteiger charge is -2.35. The molecule has 2 heterocycles. The van der Waals surface area contributed by atoms with E-state index in [4.69, 9.17) is 12.2 Å². The summed E-state index contributed by atoms with van der Waals surface area (Å²) in [6, 6.07) is 4.65. The summed E-state index contributed by atoms with van der Waals surface area (Å²) in [4.78, 5) is 31.0. The molecule has 28 heavy (non-hydrogen) atoms. The molecular formula is C18H19F3N4O2S. The molecule has 1 aromatic carbocycles. The number of fused-ring (bicyclic) bond motifs is 1. The Morgan fingerprint density at radius 1 is 1.25 bits per heavy atom. The van der Waals surface area contributed by atoms with Gasteiger partial charge in [-0.2, -0.15) is 13.2 Å². The van der Waals surface area contributed by atoms with Crippen LogP contribution < -0.4 is 5.56 Å². The molecule has 1 aromatic heterocycles. The lowest BCUT2D eigenvalue weighted by molar-refractivity contribution is -0.148. The number of piperazine rings is 1. The van der Waals surface area contributed by atoms with Crippen LogP contribution in [0.1, 0.15) is 10.4 Å². The predicted octanol–water partition coefficient (Wildman–Crippen LogP) is 2.57. The van der Waals surface area contributed by atoms with Gasteiger partial charge in [-0.25, -0.2) is 0 Å². The van der Waals surface area contributed by atoms with Crippen molar-refractivity contribution in [3.05, 3.63) is 51.5 Å². The molecule has 0 aliphatic carbocycles. The Morgan fingerprint density at radius 2 is 1.93 bits per heavy atom. The molecule has 1 fully saturated rings. The van der Waals surface area contributed by atoms with Crippen molar-refractivity contribution in [3.63, 3.8) is 0 Å². The van der Waals surface area contributed by atoms with Crippen LogP contribution in [0, 0.1) is 4.77 Å². The smallest absolute Gasteiger partial charge is 0.336 e. The van der Waals surface area contributed by atoms with Crippen molar-refractivity contribution < 1.29 is 18.0 Å². The highest BCUT2D eigenvalue weighted by Gasteiger charge is 2.33. The second kappa shape index (κ2) is 7.88. The van der Waals surface area contributed by atoms with Crippen molar-refractivity contribution in [2.75, 3.05) is 32.7 Å². The SMILES string of the molecule is C=CCn1c(=S)[nH]c2cc(C(=O)N3CCN(CC(F)(F)F)CC3)ccc2c1=O. The van der Waals surface area contributed by atoms with Crippen molar-refractivity contribution in [2.45, 2.75) is 12.7 Å². The van der Waals surface area contributed by atoms with E-state index in [0.29, 0.717) is 16.5 Å². The lowest BCUT2D eigenvalue weighted by atomic mass is 10.1. The number of hydrogen-bond donors (Lipinski definition) is 1. The summed E-state index contributed by atoms with van der Waals surface area (Å²) in [6.45, 7) is 3.64. The first-order valence-corrected chi connectivity index (χ1v) is 9.06. The summed E-state index contributed by atoms with van der Waals surface area (Å²) >= 11 is 5.19. The first-order valence-electron chi connectivity index (χ1n) is 8.66. The molecule has 3 rings (SSSR count). The minimum absolute atomic E-state index is 0.160. The number of hydrogen-bond acceptors (Lipinski definition) is 4. The Hall–Kier alpha value is -2.46. The van der Waals surface area contributed by atoms with Gasteiger partial charge in [-0.05, 0) is 30.4 Å². The maximum Gasteiger partial charge on any atom is 0.401 e. The quantitative estimate of drug-likeness (QED) is 0.620. The number of aromatic nitrogens is 2. The molecule has 1 aliphatic rings. The van der Waals surface area contributed by atoms with E-state index in [1.165, 1.54) is 14.4 Å². The van der Waals surface area contributed by atoms with Crippen molar-refractivity contribution >= 4 is 29.0 Å². The average molecular weight is 412 g/mol. The first kappa shape index (κ1) is 20.3. The van der Waals surface area contributed by atoms with Crippen LogP contribution in [0.4, 0.5) is 13.2 Å². The number of rotatable bonds is 4. The summed E-state index contributed by atoms with van der Waals surface area (Å²) in [5, 5.41) is 0.391. The van der Waals surface area contributed by atoms with Crippen LogP contribution in [-0.2, 0) is 6.54 Å². The number of amides is 1. The zero-order valence-corrected chi connectivity index (χ0v) is 15.8. The van der Waals surface area contributed by atoms with E-state index in [-0.39, 0.29) is 49.0 Å². The van der Waals surface area contributed by atoms with Gasteiger partial charge in [-0.1, -0.05) is 6.08 Å². The van der Waals surface area contributed by atoms with E-state index in [1.807, 2.05) is 0 Å². The van der Waals surface area contributed by atoms with E-state index < -0.39 is 12.7 Å². The topological polar surface area (TPSA) is 61.3 Å². The highest BCUT2D eigenvalue weighted by atomic mass is 32.1. The fourth-order valence-corrected chi connectivity index (χ4v) is 3.50. The second-order valence-electron chi connectivity index (χ2n) is 6.58. The number of nitrogens with one attached hydrogen (secondary N) is 1. The Balaban J connectivity index is 1.80. The third kappa shape index (κ3) is 4.33. The van der Waals surface area contributed by atoms with Crippen LogP contribution in [0.25, 0.3) is 10.9 Å². The van der Waals surface area contributed by atoms with Gasteiger partial charge in [-0.3, -0.25) is 19.1 Å². The third-order valence-corrected chi connectivity index (χ3v) is 4.93. The van der Waals surface area contributed by atoms with E-state index in [0.717, 1.165) is 0 Å². The molecule has 10 heteroatoms. The van der Waals surface area contributed by atoms with Crippen LogP contribution >= 0.6 is 12.2 Å². The number of alkyl halides is 3. The van der Waals surface area contributed by atoms with Crippen LogP contribution in [0.3, 0.4) is 0 Å². The van der Waals surface area contributed by atoms with Gasteiger partial charge in [0.15, 0.2) is 4.77 Å². The molecule has 150 valence electrons. The number of halogens is 3. The molecular weight excluding hydrogens is 393 g/mol. The molecule has 2 aromatic rings. The molecule has 0 unspecified atom stereocenters. The molecule has 0 bridgehead atoms. The molecule has 0 saturated carbocycles. The predicted molar refractivity (Wildman–Crippen MR) is 102 cm³/mol. The van der Waals surface area contributed by atoms with Crippen molar-refractivity contribution in [2.24, 2.45) is 0 Å². The maximum atomic E-state index is 12.7. The zero-order chi connectivity index (χ0) is 20.5. The molecule has 0 atom stereocenters. The van der Waals surface area contributed by atoms with E-state index in [9.17, 15) is 22.8 Å². The summed E-state index contributed by atoms with van der Waals surface area (Å²) in [5.41, 5.74) is 0.513. The normalized spacial score (nSPS) is 15.8. The number of aromatic amines is 1. The van der Waals surface area contributed by atoms with Crippen LogP contribution in [0.5, 0.6) is 0 Å². The summed E-state index contributed by atoms with van der Waals surface area (Å²) in [7, 11) is 0. The number of benzene rings is 1. The van der Waals surface area contributed by atoms with Gasteiger partial charge in [0.1, 0.15) is 0 Å². The van der Waals surface area contributed by atoms with Gasteiger partial charge in [-0.15, -0.1) is 6.58 Å². The monoisotopic (exact) mass is 412 g/mol. The zero-order valence-electron chi connectivity index (χ0n) is 15.0. The molecule has 1 N–H and O–H groups in total. The van der Waals surface area contributed by atoms with E-state index >= 15 is 0 Å². The maximum absolute atomic E-state index is 12.7. The fraction of sp³-hybridized carbons (Fsp3) is 0.389. The number of carbonyl (C=O) groups is 1. The van der Waals surface area contributed by atoms with Crippen molar-refractivity contribution in [1.29, 1.82) is 0 Å². The Bertz CT molecular complexity index is 1020. The van der Waals surface area contributed by atoms with E-state index in [2.05, 4.69) is 11.6 Å². The first-order chi connectivity index (χ1) is 13.2. The molecule has 1 saturated heterocycles. The number of H-pyrrole nitrogens is 1. The van der Waals surface area contributed by atoms with Crippen LogP contribution in [0.15, 0.2) is 35.6 Å². The van der Waals surface area contributed by atoms with Gasteiger partial charge >= 0.3 is 6.18 Å². The molecule has 0 radical (unpaired) electrons. The van der Waals surface area contributed by atoms with Gasteiger partial charge in [0.2, 0.25) is 0 Å². The number of nitrogens with zero attached hydrogens (tertiary/aromatic N) is 3. The van der Waals surface area contributed by atoms with Crippen molar-refractivity contribution in [1.82, 2.24) is 19.4 Å². The Labute approximate surface area is 163 Å². The average Bonchev–Trinajstić information content (AvgIpc) is 2.63. The van der Waals surface area contributed by atoms with Gasteiger partial charge in [0, 0.05) is 38.3 Å². The summed E-state index contributed by atoms with van der Waals surface area (Å²) in [6.07, 6.45) is -2.69. The fourth-order valence-electron chi connectivity index (χ4n) is 3.23. The van der Waals surface area contributed by atoms with Crippen LogP contribution in [0.2, 0.25) is 0 Å². The van der Waals surface area contributed by atoms with Gasteiger partial charge in [0.05, 0.1) is 17.4 Å². The minimum Gasteiger partial charge on any atom is -0.336 e. The van der Waals surface area contributed by atoms with E-state index in [1.54, 1.807) is 24.3 Å². The Kier molecular flexibility index (Phi) is 5.71. The van der Waals surface area contributed by atoms with Crippen molar-refractivity contribution in [3.8, 4) is 0 Å². The summed E-state index contributed by atoms with van der Waals surface area (Å²) < 4.78 is 39.0. The molecule has 1 aliphatic heterocycles. The number of carbonyl (C=O) groups excluding carboxylic acids is 1. The molecule has 0 spiro atoms. The Morgan fingerprint density at radius 3 is 2.54 bits per heavy atom. The molecule has 6 nitrogen and oxygen atoms in total. The van der Waals surface area contributed by atoms with Gasteiger partial charge < -0.3 is 9.88 Å². The largest absolute Gasteiger partial charge is 0.401 e. The number of allylic oxidation sites excluding steroid dienone is 1. The third-order valence-electron chi connectivity index (χ3n) is 4.60. The van der Waals surface area contributed by atoms with Gasteiger partial charge in [0.25, 0.3) is 11.5 Å². The lowest BCUT2D eigenvalue weighted by Crippen LogP contribution is -2.50. The highest BCUT2D eigenvalue weighted by molar-refractivity contribution is 7.71. The standard InChI is InChI=1S/C18H19F3N4O2S/c1-2-5-25-16(27)13-4-3-12(10-14(13)22-17(25)28)15(26)24-8-6-23(7-9-24)11-18(19,20)21/h2-4,10H,1,5-9,11H2,(H,22,28). The highest BCUT2D eigenvalue weighted by Crippen LogP contribution is 2.19. The molecule has 1 amide bonds. The second-order valence-corrected chi connectivity index (χ2v) is 6.97.